The summed E-state index contributed by atoms with van der Waals surface area (Å²) in [6.07, 6.45) is 1.62. The molecule has 2 N–H and O–H groups in total. The first-order chi connectivity index (χ1) is 11.9. The van der Waals surface area contributed by atoms with E-state index in [1.54, 1.807) is 13.8 Å². The Morgan fingerprint density at radius 2 is 1.56 bits per heavy atom. The Balaban J connectivity index is 2.07. The van der Waals surface area contributed by atoms with Gasteiger partial charge in [0.05, 0.1) is 11.8 Å². The summed E-state index contributed by atoms with van der Waals surface area (Å²) in [6, 6.07) is 12.2. The van der Waals surface area contributed by atoms with E-state index in [4.69, 9.17) is 0 Å². The Bertz CT molecular complexity index is 838. The summed E-state index contributed by atoms with van der Waals surface area (Å²) in [5, 5.41) is 18.6. The van der Waals surface area contributed by atoms with Gasteiger partial charge in [0.2, 0.25) is 0 Å². The van der Waals surface area contributed by atoms with Crippen LogP contribution in [-0.4, -0.2) is 22.2 Å². The molecule has 1 aliphatic carbocycles. The zero-order valence-corrected chi connectivity index (χ0v) is 14.5. The predicted octanol–water partition coefficient (Wildman–Crippen LogP) is 3.78. The van der Waals surface area contributed by atoms with E-state index in [-0.39, 0.29) is 0 Å². The summed E-state index contributed by atoms with van der Waals surface area (Å²) in [5.41, 5.74) is 6.70. The Hall–Kier alpha value is -2.62. The van der Waals surface area contributed by atoms with E-state index in [1.807, 2.05) is 18.2 Å². The summed E-state index contributed by atoms with van der Waals surface area (Å²) in [4.78, 5) is 22.6. The van der Waals surface area contributed by atoms with E-state index >= 15 is 0 Å². The van der Waals surface area contributed by atoms with Crippen LogP contribution in [-0.2, 0) is 28.9 Å². The molecule has 0 amide bonds. The number of aliphatic carboxylic acids is 2. The maximum absolute atomic E-state index is 11.4. The average molecular weight is 338 g/mol. The molecule has 0 saturated carbocycles. The molecular formula is C21H22O4. The van der Waals surface area contributed by atoms with Gasteiger partial charge in [0, 0.05) is 0 Å². The zero-order chi connectivity index (χ0) is 18.1. The predicted molar refractivity (Wildman–Crippen MR) is 95.7 cm³/mol. The highest BCUT2D eigenvalue weighted by molar-refractivity contribution is 5.79. The fourth-order valence-electron chi connectivity index (χ4n) is 3.58. The van der Waals surface area contributed by atoms with Crippen molar-refractivity contribution in [2.75, 3.05) is 0 Å². The van der Waals surface area contributed by atoms with Crippen LogP contribution in [0, 0.1) is 11.8 Å². The molecule has 0 fully saturated rings. The number of carboxylic acid groups (broad SMARTS) is 2. The van der Waals surface area contributed by atoms with Crippen molar-refractivity contribution in [3.8, 4) is 11.1 Å². The number of carbonyl (C=O) groups is 2. The third kappa shape index (κ3) is 3.29. The molecular weight excluding hydrogens is 316 g/mol. The van der Waals surface area contributed by atoms with Crippen LogP contribution >= 0.6 is 0 Å². The summed E-state index contributed by atoms with van der Waals surface area (Å²) in [7, 11) is 0. The lowest BCUT2D eigenvalue weighted by Gasteiger charge is -2.18. The molecule has 4 heteroatoms. The van der Waals surface area contributed by atoms with E-state index in [0.717, 1.165) is 28.7 Å². The Morgan fingerprint density at radius 1 is 0.920 bits per heavy atom. The standard InChI is InChI=1S/C21H22O4/c1-12(20(22)23)9-15-7-8-17-16-6-4-3-5-14(16)11-19(17)18(15)10-13(2)21(24)25/h3-8,12-13H,9-11H2,1-2H3,(H,22,23)(H,24,25). The molecule has 1 aliphatic rings. The molecule has 4 nitrogen and oxygen atoms in total. The van der Waals surface area contributed by atoms with E-state index < -0.39 is 23.8 Å². The quantitative estimate of drug-likeness (QED) is 0.717. The molecule has 2 aromatic rings. The minimum Gasteiger partial charge on any atom is -0.481 e. The maximum Gasteiger partial charge on any atom is 0.306 e. The largest absolute Gasteiger partial charge is 0.481 e. The zero-order valence-electron chi connectivity index (χ0n) is 14.5. The van der Waals surface area contributed by atoms with Crippen LogP contribution in [0.5, 0.6) is 0 Å². The minimum absolute atomic E-state index is 0.417. The van der Waals surface area contributed by atoms with Gasteiger partial charge in [-0.15, -0.1) is 0 Å². The lowest BCUT2D eigenvalue weighted by molar-refractivity contribution is -0.142. The molecule has 0 heterocycles. The maximum atomic E-state index is 11.4. The molecule has 0 spiro atoms. The lowest BCUT2D eigenvalue weighted by Crippen LogP contribution is -2.17. The second-order valence-electron chi connectivity index (χ2n) is 6.95. The van der Waals surface area contributed by atoms with Gasteiger partial charge in [-0.25, -0.2) is 0 Å². The van der Waals surface area contributed by atoms with Gasteiger partial charge in [-0.1, -0.05) is 50.2 Å². The molecule has 2 unspecified atom stereocenters. The molecule has 0 radical (unpaired) electrons. The monoisotopic (exact) mass is 338 g/mol. The fraction of sp³-hybridized carbons (Fsp3) is 0.333. The summed E-state index contributed by atoms with van der Waals surface area (Å²) in [5.74, 6) is -2.67. The molecule has 2 atom stereocenters. The van der Waals surface area contributed by atoms with Gasteiger partial charge < -0.3 is 10.2 Å². The Labute approximate surface area is 147 Å². The van der Waals surface area contributed by atoms with Gasteiger partial charge in [-0.3, -0.25) is 9.59 Å². The molecule has 0 saturated heterocycles. The number of hydrogen-bond donors (Lipinski definition) is 2. The van der Waals surface area contributed by atoms with Crippen molar-refractivity contribution in [1.29, 1.82) is 0 Å². The molecule has 0 aromatic heterocycles. The van der Waals surface area contributed by atoms with Crippen molar-refractivity contribution in [3.05, 3.63) is 58.7 Å². The minimum atomic E-state index is -0.832. The Morgan fingerprint density at radius 3 is 2.24 bits per heavy atom. The second kappa shape index (κ2) is 6.71. The smallest absolute Gasteiger partial charge is 0.306 e. The van der Waals surface area contributed by atoms with Gasteiger partial charge in [-0.2, -0.15) is 0 Å². The van der Waals surface area contributed by atoms with Gasteiger partial charge in [0.25, 0.3) is 0 Å². The first-order valence-corrected chi connectivity index (χ1v) is 8.56. The highest BCUT2D eigenvalue weighted by Crippen LogP contribution is 2.40. The van der Waals surface area contributed by atoms with Crippen LogP contribution in [0.15, 0.2) is 36.4 Å². The number of rotatable bonds is 6. The first-order valence-electron chi connectivity index (χ1n) is 8.56. The average Bonchev–Trinajstić information content (AvgIpc) is 2.95. The van der Waals surface area contributed by atoms with Gasteiger partial charge in [-0.05, 0) is 52.6 Å². The lowest BCUT2D eigenvalue weighted by atomic mass is 9.86. The fourth-order valence-corrected chi connectivity index (χ4v) is 3.58. The number of hydrogen-bond acceptors (Lipinski definition) is 2. The molecule has 3 rings (SSSR count). The summed E-state index contributed by atoms with van der Waals surface area (Å²) >= 11 is 0. The normalized spacial score (nSPS) is 14.5. The first kappa shape index (κ1) is 17.2. The van der Waals surface area contributed by atoms with Crippen molar-refractivity contribution in [1.82, 2.24) is 0 Å². The van der Waals surface area contributed by atoms with Crippen molar-refractivity contribution < 1.29 is 19.8 Å². The van der Waals surface area contributed by atoms with Crippen LogP contribution in [0.1, 0.15) is 36.1 Å². The molecule has 0 aliphatic heterocycles. The van der Waals surface area contributed by atoms with Crippen molar-refractivity contribution >= 4 is 11.9 Å². The van der Waals surface area contributed by atoms with Crippen LogP contribution in [0.2, 0.25) is 0 Å². The molecule has 130 valence electrons. The van der Waals surface area contributed by atoms with Gasteiger partial charge in [0.15, 0.2) is 0 Å². The summed E-state index contributed by atoms with van der Waals surface area (Å²) < 4.78 is 0. The topological polar surface area (TPSA) is 74.6 Å². The number of carboxylic acids is 2. The highest BCUT2D eigenvalue weighted by Gasteiger charge is 2.26. The third-order valence-corrected chi connectivity index (χ3v) is 5.08. The van der Waals surface area contributed by atoms with Crippen LogP contribution in [0.25, 0.3) is 11.1 Å². The second-order valence-corrected chi connectivity index (χ2v) is 6.95. The van der Waals surface area contributed by atoms with Gasteiger partial charge >= 0.3 is 11.9 Å². The number of fused-ring (bicyclic) bond motifs is 3. The molecule has 2 aromatic carbocycles. The van der Waals surface area contributed by atoms with Crippen molar-refractivity contribution in [2.45, 2.75) is 33.1 Å². The summed E-state index contributed by atoms with van der Waals surface area (Å²) in [6.45, 7) is 3.39. The van der Waals surface area contributed by atoms with Crippen LogP contribution in [0.3, 0.4) is 0 Å². The SMILES string of the molecule is CC(Cc1ccc2c(c1CC(C)C(=O)O)Cc1ccccc1-2)C(=O)O. The Kier molecular flexibility index (Phi) is 4.62. The van der Waals surface area contributed by atoms with E-state index in [9.17, 15) is 19.8 Å². The van der Waals surface area contributed by atoms with E-state index in [0.29, 0.717) is 12.8 Å². The third-order valence-electron chi connectivity index (χ3n) is 5.08. The van der Waals surface area contributed by atoms with Gasteiger partial charge in [0.1, 0.15) is 0 Å². The number of benzene rings is 2. The van der Waals surface area contributed by atoms with Crippen LogP contribution in [0.4, 0.5) is 0 Å². The highest BCUT2D eigenvalue weighted by atomic mass is 16.4. The molecule has 0 bridgehead atoms. The van der Waals surface area contributed by atoms with Crippen molar-refractivity contribution in [2.24, 2.45) is 11.8 Å². The van der Waals surface area contributed by atoms with Crippen molar-refractivity contribution in [3.63, 3.8) is 0 Å². The van der Waals surface area contributed by atoms with E-state index in [1.165, 1.54) is 11.1 Å². The van der Waals surface area contributed by atoms with E-state index in [2.05, 4.69) is 18.2 Å². The molecule has 25 heavy (non-hydrogen) atoms. The van der Waals surface area contributed by atoms with Crippen LogP contribution < -0.4 is 0 Å².